The van der Waals surface area contributed by atoms with E-state index in [0.717, 1.165) is 53.6 Å². The number of carbonyl (C=O) groups is 2. The number of nitrogens with zero attached hydrogens (tertiary/aromatic N) is 3. The van der Waals surface area contributed by atoms with Crippen molar-refractivity contribution in [3.63, 3.8) is 0 Å². The monoisotopic (exact) mass is 523 g/mol. The van der Waals surface area contributed by atoms with Crippen LogP contribution in [-0.4, -0.2) is 40.1 Å². The van der Waals surface area contributed by atoms with Crippen LogP contribution >= 0.6 is 0 Å². The van der Waals surface area contributed by atoms with Gasteiger partial charge in [0.2, 0.25) is 0 Å². The van der Waals surface area contributed by atoms with Gasteiger partial charge in [-0.25, -0.2) is 9.59 Å². The SMILES string of the molecule is Cc1cc(C)cc(CCCOC(=O)N2CCCc3c(-c4cnn(Cc5cccc(C(=O)O)c5)c4)cccc32)c1. The normalized spacial score (nSPS) is 12.7. The number of aryl methyl sites for hydroxylation is 3. The van der Waals surface area contributed by atoms with Crippen molar-refractivity contribution >= 4 is 17.7 Å². The minimum absolute atomic E-state index is 0.259. The van der Waals surface area contributed by atoms with E-state index < -0.39 is 5.97 Å². The van der Waals surface area contributed by atoms with Crippen LogP contribution in [0, 0.1) is 13.8 Å². The van der Waals surface area contributed by atoms with Gasteiger partial charge < -0.3 is 9.84 Å². The highest BCUT2D eigenvalue weighted by atomic mass is 16.6. The summed E-state index contributed by atoms with van der Waals surface area (Å²) in [6.07, 6.45) is 6.87. The second kappa shape index (κ2) is 11.6. The Labute approximate surface area is 228 Å². The summed E-state index contributed by atoms with van der Waals surface area (Å²) in [6, 6.07) is 19.4. The molecular weight excluding hydrogens is 490 g/mol. The minimum atomic E-state index is -0.946. The number of ether oxygens (including phenoxy) is 1. The number of amides is 1. The Morgan fingerprint density at radius 3 is 2.59 bits per heavy atom. The Balaban J connectivity index is 1.25. The van der Waals surface area contributed by atoms with Crippen LogP contribution in [0.15, 0.2) is 73.1 Å². The van der Waals surface area contributed by atoms with Gasteiger partial charge in [0.05, 0.1) is 30.6 Å². The molecule has 39 heavy (non-hydrogen) atoms. The van der Waals surface area contributed by atoms with Crippen LogP contribution in [-0.2, 0) is 24.1 Å². The quantitative estimate of drug-likeness (QED) is 0.269. The standard InChI is InChI=1S/C32H33N3O4/c1-22-15-23(2)17-24(16-22)8-6-14-39-32(38)35-13-5-11-29-28(10-4-12-30(29)35)27-19-33-34(21-27)20-25-7-3-9-26(18-25)31(36)37/h3-4,7,9-10,12,15-19,21H,5-6,8,11,13-14,20H2,1-2H3,(H,36,37). The van der Waals surface area contributed by atoms with E-state index in [-0.39, 0.29) is 11.7 Å². The lowest BCUT2D eigenvalue weighted by atomic mass is 9.93. The Morgan fingerprint density at radius 2 is 1.79 bits per heavy atom. The molecule has 1 aliphatic heterocycles. The number of carboxylic acid groups (broad SMARTS) is 1. The number of rotatable bonds is 8. The second-order valence-corrected chi connectivity index (χ2v) is 10.2. The molecule has 2 heterocycles. The van der Waals surface area contributed by atoms with Crippen LogP contribution < -0.4 is 4.90 Å². The van der Waals surface area contributed by atoms with Crippen molar-refractivity contribution in [3.05, 3.63) is 106 Å². The van der Waals surface area contributed by atoms with Gasteiger partial charge in [-0.3, -0.25) is 9.58 Å². The minimum Gasteiger partial charge on any atom is -0.478 e. The molecule has 0 fully saturated rings. The fourth-order valence-corrected chi connectivity index (χ4v) is 5.39. The first-order chi connectivity index (χ1) is 18.9. The van der Waals surface area contributed by atoms with Gasteiger partial charge in [0, 0.05) is 18.3 Å². The molecule has 0 bridgehead atoms. The molecule has 1 amide bonds. The molecule has 0 atom stereocenters. The number of carbonyl (C=O) groups excluding carboxylic acids is 1. The predicted octanol–water partition coefficient (Wildman–Crippen LogP) is 6.44. The van der Waals surface area contributed by atoms with Crippen molar-refractivity contribution in [2.45, 2.75) is 46.1 Å². The third-order valence-electron chi connectivity index (χ3n) is 7.05. The van der Waals surface area contributed by atoms with Crippen LogP contribution in [0.25, 0.3) is 11.1 Å². The summed E-state index contributed by atoms with van der Waals surface area (Å²) in [4.78, 5) is 26.1. The first-order valence-electron chi connectivity index (χ1n) is 13.4. The molecule has 1 N–H and O–H groups in total. The number of aromatic nitrogens is 2. The molecule has 5 rings (SSSR count). The molecule has 0 spiro atoms. The third kappa shape index (κ3) is 6.20. The Hall–Kier alpha value is -4.39. The molecule has 0 aliphatic carbocycles. The fraction of sp³-hybridized carbons (Fsp3) is 0.281. The summed E-state index contributed by atoms with van der Waals surface area (Å²) in [7, 11) is 0. The maximum absolute atomic E-state index is 13.1. The number of carboxylic acids is 1. The van der Waals surface area contributed by atoms with Gasteiger partial charge >= 0.3 is 12.1 Å². The maximum Gasteiger partial charge on any atom is 0.414 e. The van der Waals surface area contributed by atoms with Gasteiger partial charge in [-0.1, -0.05) is 53.6 Å². The summed E-state index contributed by atoms with van der Waals surface area (Å²) >= 11 is 0. The van der Waals surface area contributed by atoms with Crippen LogP contribution in [0.4, 0.5) is 10.5 Å². The zero-order valence-electron chi connectivity index (χ0n) is 22.4. The molecule has 7 nitrogen and oxygen atoms in total. The number of hydrogen-bond acceptors (Lipinski definition) is 4. The average Bonchev–Trinajstić information content (AvgIpc) is 3.38. The van der Waals surface area contributed by atoms with E-state index in [1.165, 1.54) is 16.7 Å². The Bertz CT molecular complexity index is 1490. The highest BCUT2D eigenvalue weighted by Crippen LogP contribution is 2.35. The zero-order valence-corrected chi connectivity index (χ0v) is 22.4. The number of anilines is 1. The molecule has 3 aromatic carbocycles. The molecule has 0 unspecified atom stereocenters. The van der Waals surface area contributed by atoms with Gasteiger partial charge in [-0.2, -0.15) is 5.10 Å². The average molecular weight is 524 g/mol. The topological polar surface area (TPSA) is 84.7 Å². The summed E-state index contributed by atoms with van der Waals surface area (Å²) in [5.41, 5.74) is 8.91. The lowest BCUT2D eigenvalue weighted by molar-refractivity contribution is 0.0696. The van der Waals surface area contributed by atoms with Gasteiger partial charge in [0.25, 0.3) is 0 Å². The van der Waals surface area contributed by atoms with Gasteiger partial charge in [-0.15, -0.1) is 0 Å². The van der Waals surface area contributed by atoms with Crippen molar-refractivity contribution in [1.82, 2.24) is 9.78 Å². The molecule has 1 aromatic heterocycles. The first kappa shape index (κ1) is 26.2. The van der Waals surface area contributed by atoms with E-state index >= 15 is 0 Å². The van der Waals surface area contributed by atoms with Crippen LogP contribution in [0.3, 0.4) is 0 Å². The van der Waals surface area contributed by atoms with Gasteiger partial charge in [0.1, 0.15) is 0 Å². The molecular formula is C32H33N3O4. The molecule has 4 aromatic rings. The van der Waals surface area contributed by atoms with Crippen molar-refractivity contribution in [1.29, 1.82) is 0 Å². The molecule has 7 heteroatoms. The predicted molar refractivity (Wildman–Crippen MR) is 151 cm³/mol. The van der Waals surface area contributed by atoms with E-state index in [0.29, 0.717) is 19.7 Å². The lowest BCUT2D eigenvalue weighted by Crippen LogP contribution is -2.36. The molecule has 0 saturated carbocycles. The van der Waals surface area contributed by atoms with Crippen LogP contribution in [0.2, 0.25) is 0 Å². The highest BCUT2D eigenvalue weighted by molar-refractivity contribution is 5.91. The Kier molecular flexibility index (Phi) is 7.77. The van der Waals surface area contributed by atoms with E-state index in [4.69, 9.17) is 4.74 Å². The number of aromatic carboxylic acids is 1. The second-order valence-electron chi connectivity index (χ2n) is 10.2. The molecule has 200 valence electrons. The first-order valence-corrected chi connectivity index (χ1v) is 13.4. The van der Waals surface area contributed by atoms with E-state index in [2.05, 4.69) is 43.2 Å². The van der Waals surface area contributed by atoms with Crippen molar-refractivity contribution in [2.24, 2.45) is 0 Å². The van der Waals surface area contributed by atoms with E-state index in [9.17, 15) is 14.7 Å². The highest BCUT2D eigenvalue weighted by Gasteiger charge is 2.26. The van der Waals surface area contributed by atoms with Gasteiger partial charge in [-0.05, 0) is 80.0 Å². The fourth-order valence-electron chi connectivity index (χ4n) is 5.39. The molecule has 1 aliphatic rings. The number of fused-ring (bicyclic) bond motifs is 1. The van der Waals surface area contributed by atoms with Crippen molar-refractivity contribution in [3.8, 4) is 11.1 Å². The summed E-state index contributed by atoms with van der Waals surface area (Å²) in [6.45, 7) is 5.68. The lowest BCUT2D eigenvalue weighted by Gasteiger charge is -2.30. The van der Waals surface area contributed by atoms with Crippen LogP contribution in [0.1, 0.15) is 51.0 Å². The Morgan fingerprint density at radius 1 is 1.00 bits per heavy atom. The van der Waals surface area contributed by atoms with E-state index in [1.807, 2.05) is 30.6 Å². The van der Waals surface area contributed by atoms with Crippen molar-refractivity contribution in [2.75, 3.05) is 18.1 Å². The molecule has 0 radical (unpaired) electrons. The summed E-state index contributed by atoms with van der Waals surface area (Å²) < 4.78 is 7.50. The van der Waals surface area contributed by atoms with Crippen molar-refractivity contribution < 1.29 is 19.4 Å². The maximum atomic E-state index is 13.1. The summed E-state index contributed by atoms with van der Waals surface area (Å²) in [5, 5.41) is 13.8. The molecule has 0 saturated heterocycles. The zero-order chi connectivity index (χ0) is 27.4. The number of hydrogen-bond donors (Lipinski definition) is 1. The third-order valence-corrected chi connectivity index (χ3v) is 7.05. The smallest absolute Gasteiger partial charge is 0.414 e. The largest absolute Gasteiger partial charge is 0.478 e. The number of benzene rings is 3. The van der Waals surface area contributed by atoms with E-state index in [1.54, 1.807) is 27.8 Å². The summed E-state index contributed by atoms with van der Waals surface area (Å²) in [5.74, 6) is -0.946. The van der Waals surface area contributed by atoms with Gasteiger partial charge in [0.15, 0.2) is 0 Å². The van der Waals surface area contributed by atoms with Crippen LogP contribution in [0.5, 0.6) is 0 Å².